The van der Waals surface area contributed by atoms with Gasteiger partial charge in [-0.25, -0.2) is 8.42 Å². The number of ketones is 1. The van der Waals surface area contributed by atoms with Crippen molar-refractivity contribution in [3.05, 3.63) is 52.5 Å². The largest absolute Gasteiger partial charge is 0.454 e. The summed E-state index contributed by atoms with van der Waals surface area (Å²) in [5, 5.41) is 0. The number of halogens is 1. The number of carbonyl (C=O) groups is 1. The third kappa shape index (κ3) is 4.32. The Kier molecular flexibility index (Phi) is 4.87. The Hall–Kier alpha value is -1.86. The summed E-state index contributed by atoms with van der Waals surface area (Å²) < 4.78 is 31.7. The first kappa shape index (κ1) is 16.5. The summed E-state index contributed by atoms with van der Waals surface area (Å²) in [5.74, 6) is 0.632. The van der Waals surface area contributed by atoms with Gasteiger partial charge in [0.2, 0.25) is 10.0 Å². The van der Waals surface area contributed by atoms with Crippen LogP contribution in [0.25, 0.3) is 0 Å². The van der Waals surface area contributed by atoms with Crippen molar-refractivity contribution in [1.82, 2.24) is 0 Å². The van der Waals surface area contributed by atoms with Gasteiger partial charge in [0, 0.05) is 5.56 Å². The molecule has 116 valence electrons. The molecule has 0 saturated heterocycles. The first-order valence-corrected chi connectivity index (χ1v) is 9.00. The number of hydrogen-bond donors (Lipinski definition) is 1. The molecule has 0 heterocycles. The zero-order valence-corrected chi connectivity index (χ0v) is 14.4. The second-order valence-corrected chi connectivity index (χ2v) is 7.28. The van der Waals surface area contributed by atoms with E-state index in [4.69, 9.17) is 4.74 Å². The van der Waals surface area contributed by atoms with E-state index in [1.165, 1.54) is 19.1 Å². The molecule has 1 N–H and O–H groups in total. The van der Waals surface area contributed by atoms with Gasteiger partial charge in [-0.2, -0.15) is 0 Å². The number of nitrogens with one attached hydrogen (secondary N) is 1. The number of para-hydroxylation sites is 1. The summed E-state index contributed by atoms with van der Waals surface area (Å²) in [6, 6.07) is 11.7. The topological polar surface area (TPSA) is 72.5 Å². The molecule has 5 nitrogen and oxygen atoms in total. The number of hydrogen-bond acceptors (Lipinski definition) is 4. The van der Waals surface area contributed by atoms with Gasteiger partial charge in [-0.3, -0.25) is 9.52 Å². The number of Topliss-reactive ketones (excluding diaryl/α,β-unsaturated/α-hetero) is 1. The van der Waals surface area contributed by atoms with Crippen LogP contribution in [-0.2, 0) is 10.0 Å². The molecule has 2 aromatic carbocycles. The van der Waals surface area contributed by atoms with Crippen molar-refractivity contribution in [2.45, 2.75) is 6.92 Å². The van der Waals surface area contributed by atoms with E-state index in [2.05, 4.69) is 20.7 Å². The molecule has 2 rings (SSSR count). The quantitative estimate of drug-likeness (QED) is 0.796. The van der Waals surface area contributed by atoms with Crippen molar-refractivity contribution in [2.75, 3.05) is 11.0 Å². The van der Waals surface area contributed by atoms with Crippen molar-refractivity contribution in [2.24, 2.45) is 0 Å². The van der Waals surface area contributed by atoms with E-state index in [0.717, 1.165) is 6.26 Å². The molecule has 0 aromatic heterocycles. The molecule has 0 radical (unpaired) electrons. The molecule has 7 heteroatoms. The van der Waals surface area contributed by atoms with Gasteiger partial charge in [0.15, 0.2) is 11.5 Å². The normalized spacial score (nSPS) is 11.0. The molecule has 0 bridgehead atoms. The zero-order valence-electron chi connectivity index (χ0n) is 12.0. The van der Waals surface area contributed by atoms with Crippen LogP contribution >= 0.6 is 15.9 Å². The van der Waals surface area contributed by atoms with E-state index in [1.54, 1.807) is 24.3 Å². The van der Waals surface area contributed by atoms with Crippen molar-refractivity contribution in [3.8, 4) is 11.5 Å². The number of sulfonamides is 1. The molecule has 2 aromatic rings. The lowest BCUT2D eigenvalue weighted by atomic mass is 10.1. The van der Waals surface area contributed by atoms with Gasteiger partial charge < -0.3 is 4.74 Å². The molecule has 0 saturated carbocycles. The maximum absolute atomic E-state index is 11.5. The Labute approximate surface area is 137 Å². The molecule has 0 aliphatic rings. The summed E-state index contributed by atoms with van der Waals surface area (Å²) >= 11 is 3.36. The second-order valence-electron chi connectivity index (χ2n) is 4.67. The summed E-state index contributed by atoms with van der Waals surface area (Å²) in [4.78, 5) is 11.5. The van der Waals surface area contributed by atoms with Crippen molar-refractivity contribution >= 4 is 37.4 Å². The highest BCUT2D eigenvalue weighted by Gasteiger charge is 2.13. The number of carbonyl (C=O) groups excluding carboxylic acids is 1. The number of anilines is 1. The van der Waals surface area contributed by atoms with Crippen molar-refractivity contribution in [3.63, 3.8) is 0 Å². The Morgan fingerprint density at radius 3 is 2.41 bits per heavy atom. The first-order chi connectivity index (χ1) is 10.3. The van der Waals surface area contributed by atoms with Crippen LogP contribution in [0.1, 0.15) is 17.3 Å². The zero-order chi connectivity index (χ0) is 16.3. The van der Waals surface area contributed by atoms with Crippen LogP contribution in [0.5, 0.6) is 11.5 Å². The summed E-state index contributed by atoms with van der Waals surface area (Å²) in [6.07, 6.45) is 1.05. The van der Waals surface area contributed by atoms with E-state index in [9.17, 15) is 13.2 Å². The average Bonchev–Trinajstić information content (AvgIpc) is 2.41. The summed E-state index contributed by atoms with van der Waals surface area (Å²) in [6.45, 7) is 1.43. The first-order valence-electron chi connectivity index (χ1n) is 6.31. The van der Waals surface area contributed by atoms with Crippen molar-refractivity contribution in [1.29, 1.82) is 0 Å². The van der Waals surface area contributed by atoms with Gasteiger partial charge in [0.25, 0.3) is 0 Å². The Balaban J connectivity index is 2.48. The molecular formula is C15H14BrNO4S. The fourth-order valence-corrected chi connectivity index (χ4v) is 2.69. The third-order valence-corrected chi connectivity index (χ3v) is 3.99. The van der Waals surface area contributed by atoms with Crippen LogP contribution in [-0.4, -0.2) is 20.5 Å². The van der Waals surface area contributed by atoms with Gasteiger partial charge in [0.1, 0.15) is 5.75 Å². The van der Waals surface area contributed by atoms with Crippen LogP contribution in [0.2, 0.25) is 0 Å². The van der Waals surface area contributed by atoms with Crippen LogP contribution in [0.3, 0.4) is 0 Å². The van der Waals surface area contributed by atoms with Gasteiger partial charge in [-0.1, -0.05) is 12.1 Å². The number of benzene rings is 2. The second kappa shape index (κ2) is 6.50. The van der Waals surface area contributed by atoms with Crippen LogP contribution in [0, 0.1) is 0 Å². The lowest BCUT2D eigenvalue weighted by Gasteiger charge is -2.14. The van der Waals surface area contributed by atoms with E-state index < -0.39 is 10.0 Å². The number of rotatable bonds is 5. The average molecular weight is 384 g/mol. The molecule has 0 aliphatic carbocycles. The maximum Gasteiger partial charge on any atom is 0.229 e. The molecular weight excluding hydrogens is 370 g/mol. The maximum atomic E-state index is 11.5. The molecule has 0 spiro atoms. The van der Waals surface area contributed by atoms with E-state index in [1.807, 2.05) is 6.07 Å². The third-order valence-electron chi connectivity index (χ3n) is 2.74. The standard InChI is InChI=1S/C15H14BrNO4S/c1-10(18)11-7-8-13(17-22(2,19)20)15(9-11)21-14-6-4-3-5-12(14)16/h3-9,17H,1-2H3. The SMILES string of the molecule is CC(=O)c1ccc(NS(C)(=O)=O)c(Oc2ccccc2Br)c1. The highest BCUT2D eigenvalue weighted by molar-refractivity contribution is 9.10. The summed E-state index contributed by atoms with van der Waals surface area (Å²) in [5.41, 5.74) is 0.698. The molecule has 22 heavy (non-hydrogen) atoms. The molecule has 0 atom stereocenters. The van der Waals surface area contributed by atoms with Gasteiger partial charge in [0.05, 0.1) is 16.4 Å². The van der Waals surface area contributed by atoms with Gasteiger partial charge >= 0.3 is 0 Å². The van der Waals surface area contributed by atoms with Crippen LogP contribution in [0.15, 0.2) is 46.9 Å². The predicted molar refractivity (Wildman–Crippen MR) is 89.1 cm³/mol. The highest BCUT2D eigenvalue weighted by Crippen LogP contribution is 2.34. The highest BCUT2D eigenvalue weighted by atomic mass is 79.9. The minimum Gasteiger partial charge on any atom is -0.454 e. The monoisotopic (exact) mass is 383 g/mol. The smallest absolute Gasteiger partial charge is 0.229 e. The van der Waals surface area contributed by atoms with Crippen LogP contribution in [0.4, 0.5) is 5.69 Å². The minimum atomic E-state index is -3.46. The minimum absolute atomic E-state index is 0.136. The molecule has 0 amide bonds. The fourth-order valence-electron chi connectivity index (χ4n) is 1.76. The van der Waals surface area contributed by atoms with E-state index in [0.29, 0.717) is 15.8 Å². The fraction of sp³-hybridized carbons (Fsp3) is 0.133. The van der Waals surface area contributed by atoms with Gasteiger partial charge in [-0.15, -0.1) is 0 Å². The molecule has 0 unspecified atom stereocenters. The lowest BCUT2D eigenvalue weighted by Crippen LogP contribution is -2.10. The lowest BCUT2D eigenvalue weighted by molar-refractivity contribution is 0.101. The van der Waals surface area contributed by atoms with E-state index >= 15 is 0 Å². The Morgan fingerprint density at radius 2 is 1.82 bits per heavy atom. The Morgan fingerprint density at radius 1 is 1.14 bits per heavy atom. The van der Waals surface area contributed by atoms with Crippen LogP contribution < -0.4 is 9.46 Å². The van der Waals surface area contributed by atoms with Gasteiger partial charge in [-0.05, 0) is 53.2 Å². The molecule has 0 aliphatic heterocycles. The molecule has 0 fully saturated rings. The summed E-state index contributed by atoms with van der Waals surface area (Å²) in [7, 11) is -3.46. The Bertz CT molecular complexity index is 818. The number of ether oxygens (including phenoxy) is 1. The predicted octanol–water partition coefficient (Wildman–Crippen LogP) is 3.82. The van der Waals surface area contributed by atoms with Crippen molar-refractivity contribution < 1.29 is 17.9 Å². The van der Waals surface area contributed by atoms with E-state index in [-0.39, 0.29) is 17.2 Å².